The van der Waals surface area contributed by atoms with Gasteiger partial charge in [-0.1, -0.05) is 4.98 Å². The molecule has 0 amide bonds. The summed E-state index contributed by atoms with van der Waals surface area (Å²) in [5, 5.41) is 43.1. The van der Waals surface area contributed by atoms with E-state index >= 15 is 0 Å². The molecule has 16 atom stereocenters. The van der Waals surface area contributed by atoms with E-state index in [2.05, 4.69) is 53.0 Å². The van der Waals surface area contributed by atoms with Crippen LogP contribution in [-0.4, -0.2) is 166 Å². The van der Waals surface area contributed by atoms with Crippen LogP contribution in [0.15, 0.2) is 33.4 Å². The Balaban J connectivity index is 0.00000784. The van der Waals surface area contributed by atoms with Gasteiger partial charge in [-0.15, -0.1) is 0 Å². The topological polar surface area (TPSA) is 624 Å². The summed E-state index contributed by atoms with van der Waals surface area (Å²) in [4.78, 5) is 111. The third-order valence-corrected chi connectivity index (χ3v) is 16.8. The number of anilines is 3. The number of aryl methyl sites for hydroxylation is 1. The summed E-state index contributed by atoms with van der Waals surface area (Å²) in [6.45, 7) is -3.68. The van der Waals surface area contributed by atoms with Crippen molar-refractivity contribution in [3.63, 3.8) is 0 Å². The summed E-state index contributed by atoms with van der Waals surface area (Å²) in [6, 6.07) is 0. The molecule has 77 heavy (non-hydrogen) atoms. The van der Waals surface area contributed by atoms with Crippen LogP contribution in [0.5, 0.6) is 0 Å². The zero-order valence-corrected chi connectivity index (χ0v) is 42.8. The van der Waals surface area contributed by atoms with E-state index in [9.17, 15) is 72.6 Å². The Bertz CT molecular complexity index is 3590. The molecule has 9 heterocycles. The molecule has 0 radical (unpaired) electrons. The van der Waals surface area contributed by atoms with Crippen LogP contribution in [0, 0.1) is 0 Å². The second kappa shape index (κ2) is 21.3. The molecule has 4 unspecified atom stereocenters. The molecule has 9 rings (SSSR count). The summed E-state index contributed by atoms with van der Waals surface area (Å²) < 4.78 is 107. The fourth-order valence-corrected chi connectivity index (χ4v) is 12.8. The number of aliphatic hydroxyl groups is 4. The van der Waals surface area contributed by atoms with Crippen molar-refractivity contribution in [1.29, 1.82) is 0 Å². The number of nitrogens with zero attached hydrogens (tertiary/aromatic N) is 9. The summed E-state index contributed by atoms with van der Waals surface area (Å²) in [5.74, 6) is -1.09. The van der Waals surface area contributed by atoms with Crippen LogP contribution < -0.4 is 54.4 Å². The molecule has 41 nitrogen and oxygen atoms in total. The van der Waals surface area contributed by atoms with Gasteiger partial charge < -0.3 is 91.3 Å². The quantitative estimate of drug-likeness (QED) is 0.0265. The van der Waals surface area contributed by atoms with E-state index in [1.807, 2.05) is 0 Å². The van der Waals surface area contributed by atoms with Crippen LogP contribution in [0.2, 0.25) is 0 Å². The molecular formula is C32H46N16O25P4. The molecule has 19 N–H and O–H groups in total. The first-order valence-electron chi connectivity index (χ1n) is 21.3. The molecule has 3 aliphatic rings. The fraction of sp³-hybridized carbons (Fsp3) is 0.531. The lowest BCUT2D eigenvalue weighted by Crippen LogP contribution is -2.46. The Kier molecular flexibility index (Phi) is 16.0. The van der Waals surface area contributed by atoms with Crippen molar-refractivity contribution < 1.29 is 108 Å². The minimum Gasteiger partial charge on any atom is -0.756 e. The third-order valence-electron chi connectivity index (χ3n) is 11.6. The van der Waals surface area contributed by atoms with E-state index in [1.165, 1.54) is 17.9 Å². The average molecular weight is 1180 g/mol. The number of phosphoric acid groups is 4. The van der Waals surface area contributed by atoms with E-state index < -0.39 is 147 Å². The number of nitrogen functional groups attached to an aromatic ring is 3. The highest BCUT2D eigenvalue weighted by atomic mass is 31.3. The Labute approximate surface area is 425 Å². The first-order chi connectivity index (χ1) is 35.6. The largest absolute Gasteiger partial charge is 0.756 e. The van der Waals surface area contributed by atoms with Gasteiger partial charge in [0.2, 0.25) is 23.6 Å². The number of ether oxygens (including phenoxy) is 4. The number of aliphatic hydroxyl groups excluding tert-OH is 4. The number of H-pyrrole nitrogens is 3. The van der Waals surface area contributed by atoms with Crippen molar-refractivity contribution in [3.05, 3.63) is 50.0 Å². The minimum absolute atomic E-state index is 0. The number of phosphoric ester groups is 3. The second-order valence-corrected chi connectivity index (χ2v) is 22.6. The molecule has 424 valence electrons. The SMILES string of the molecule is CO[C@@H]1[C@H](OP(=O)(O)OC[C@H]2O[C@@H](n3cnc4c(=O)[nH]c(N)nc43)[C@H](O)[C@@H]2O)[C@@H](COP(=O)([O-])OP(=O)(O)OP(=O)([O-])OC[C@H]2O[C@@H]([n+]3cn(C)c4c(=O)[nH]c(N)nc43)[C@H](O)[C@@H]2O)O[C@H]1n1cnc2c(=O)[nH]c(N)nc21.[NH4+]. The van der Waals surface area contributed by atoms with E-state index in [0.717, 1.165) is 33.5 Å². The van der Waals surface area contributed by atoms with Crippen LogP contribution in [0.25, 0.3) is 33.5 Å². The van der Waals surface area contributed by atoms with Gasteiger partial charge in [0.25, 0.3) is 38.3 Å². The smallest absolute Gasteiger partial charge is 0.485 e. The molecule has 0 aromatic carbocycles. The lowest BCUT2D eigenvalue weighted by molar-refractivity contribution is -0.745. The van der Waals surface area contributed by atoms with E-state index in [4.69, 9.17) is 49.7 Å². The molecule has 0 aliphatic carbocycles. The van der Waals surface area contributed by atoms with Gasteiger partial charge in [0.15, 0.2) is 41.1 Å². The number of rotatable bonds is 19. The summed E-state index contributed by atoms with van der Waals surface area (Å²) in [6.07, 6.45) is -17.9. The molecule has 0 bridgehead atoms. The monoisotopic (exact) mass is 1180 g/mol. The van der Waals surface area contributed by atoms with Crippen LogP contribution in [-0.2, 0) is 71.0 Å². The van der Waals surface area contributed by atoms with Crippen molar-refractivity contribution in [3.8, 4) is 0 Å². The average Bonchev–Trinajstić information content (AvgIpc) is 4.17. The number of nitrogens with two attached hydrogens (primary N) is 3. The van der Waals surface area contributed by atoms with Crippen LogP contribution in [0.3, 0.4) is 0 Å². The normalized spacial score (nSPS) is 29.8. The number of imidazole rings is 3. The fourth-order valence-electron chi connectivity index (χ4n) is 8.35. The number of hydrogen-bond acceptors (Lipinski definition) is 31. The van der Waals surface area contributed by atoms with E-state index in [0.29, 0.717) is 0 Å². The molecule has 0 spiro atoms. The highest BCUT2D eigenvalue weighted by Crippen LogP contribution is 2.65. The lowest BCUT2D eigenvalue weighted by atomic mass is 10.1. The van der Waals surface area contributed by atoms with Gasteiger partial charge in [-0.2, -0.15) is 9.97 Å². The summed E-state index contributed by atoms with van der Waals surface area (Å²) >= 11 is 0. The van der Waals surface area contributed by atoms with Crippen molar-refractivity contribution in [1.82, 2.24) is 59.7 Å². The maximum atomic E-state index is 13.7. The Morgan fingerprint density at radius 2 is 1.16 bits per heavy atom. The van der Waals surface area contributed by atoms with Gasteiger partial charge in [-0.25, -0.2) is 32.3 Å². The molecule has 3 fully saturated rings. The zero-order chi connectivity index (χ0) is 55.1. The highest BCUT2D eigenvalue weighted by Gasteiger charge is 2.53. The summed E-state index contributed by atoms with van der Waals surface area (Å²) in [7, 11) is -21.9. The minimum atomic E-state index is -6.36. The van der Waals surface area contributed by atoms with Gasteiger partial charge >= 0.3 is 21.3 Å². The number of methoxy groups -OCH3 is 1. The van der Waals surface area contributed by atoms with Gasteiger partial charge in [0, 0.05) is 7.11 Å². The first-order valence-corrected chi connectivity index (χ1v) is 27.2. The molecule has 45 heteroatoms. The molecule has 3 aliphatic heterocycles. The number of aromatic nitrogens is 12. The van der Waals surface area contributed by atoms with E-state index in [-0.39, 0.29) is 51.5 Å². The second-order valence-electron chi connectivity index (χ2n) is 16.6. The molecular weight excluding hydrogens is 1130 g/mol. The maximum Gasteiger partial charge on any atom is 0.485 e. The molecule has 6 aromatic heterocycles. The van der Waals surface area contributed by atoms with Gasteiger partial charge in [0.05, 0.1) is 39.5 Å². The van der Waals surface area contributed by atoms with Crippen LogP contribution in [0.1, 0.15) is 18.7 Å². The third kappa shape index (κ3) is 11.6. The first kappa shape index (κ1) is 57.8. The van der Waals surface area contributed by atoms with Crippen molar-refractivity contribution in [2.24, 2.45) is 7.05 Å². The molecule has 6 aromatic rings. The van der Waals surface area contributed by atoms with Crippen LogP contribution in [0.4, 0.5) is 17.8 Å². The van der Waals surface area contributed by atoms with Crippen molar-refractivity contribution in [2.75, 3.05) is 44.1 Å². The standard InChI is InChI=1S/C32H43N15O25P4.H3N/c1-44-8-47(23-14(44)26(54)43-32(35)40-23)28-18(51)16(49)10(68-28)4-65-74(57,58)71-76(61,62)72-75(59,60)66-5-11-19(20(63-2)29(69-11)46-7-37-13-22(46)39-31(34)42-25(13)53)70-73(55,56)64-3-9-15(48)17(50)27(67-9)45-6-36-12-21(45)38-30(33)41-24(12)52;/h6-11,15-20,27-29,48-51H,3-5H2,1-2H3,(H12-,33,34,35,38,39,40,41,42,43,52,53,54,55,56,57,58,59,60,61,62);1H3/t9-,10-,11-,15-,16-,17-,18-,19-,20-,27-,28-,29-;/m1./s1. The van der Waals surface area contributed by atoms with Gasteiger partial charge in [0.1, 0.15) is 54.9 Å². The van der Waals surface area contributed by atoms with Gasteiger partial charge in [-0.05, 0) is 0 Å². The van der Waals surface area contributed by atoms with Gasteiger partial charge in [-0.3, -0.25) is 61.2 Å². The Morgan fingerprint density at radius 3 is 1.73 bits per heavy atom. The predicted octanol–water partition coefficient (Wildman–Crippen LogP) is -6.31. The Hall–Kier alpha value is -5.39. The lowest BCUT2D eigenvalue weighted by Gasteiger charge is -2.30. The highest BCUT2D eigenvalue weighted by molar-refractivity contribution is 7.66. The molecule has 0 saturated carbocycles. The van der Waals surface area contributed by atoms with Crippen molar-refractivity contribution >= 4 is 82.6 Å². The number of fused-ring (bicyclic) bond motifs is 3. The number of hydrogen-bond donors (Lipinski definition) is 13. The summed E-state index contributed by atoms with van der Waals surface area (Å²) in [5.41, 5.74) is 13.6. The van der Waals surface area contributed by atoms with Crippen LogP contribution >= 0.6 is 31.3 Å². The zero-order valence-electron chi connectivity index (χ0n) is 39.3. The molecule has 3 saturated heterocycles. The number of aromatic amines is 3. The number of nitrogens with one attached hydrogen (secondary N) is 3. The number of quaternary nitrogens is 1. The maximum absolute atomic E-state index is 13.7. The van der Waals surface area contributed by atoms with E-state index in [1.54, 1.807) is 0 Å². The van der Waals surface area contributed by atoms with Crippen molar-refractivity contribution in [2.45, 2.75) is 73.6 Å². The predicted molar refractivity (Wildman–Crippen MR) is 243 cm³/mol. The Morgan fingerprint density at radius 1 is 0.675 bits per heavy atom.